The Morgan fingerprint density at radius 3 is 2.76 bits per heavy atom. The third-order valence-corrected chi connectivity index (χ3v) is 4.39. The molecule has 3 heteroatoms. The predicted octanol–water partition coefficient (Wildman–Crippen LogP) is 3.76. The van der Waals surface area contributed by atoms with E-state index < -0.39 is 0 Å². The third kappa shape index (κ3) is 3.67. The Balaban J connectivity index is 1.66. The second-order valence-electron chi connectivity index (χ2n) is 5.85. The van der Waals surface area contributed by atoms with Crippen LogP contribution < -0.4 is 5.32 Å². The number of aromatic nitrogens is 1. The molecule has 112 valence electrons. The molecule has 0 radical (unpaired) electrons. The standard InChI is InChI=1S/C18H25N3/c1-2-20-11-6-8-16(10-14-20)19-17-7-5-9-18(15-17)21-12-3-4-13-21/h3-5,7,9,12-13,15-16,19H,2,6,8,10-11,14H2,1H3. The molecular weight excluding hydrogens is 258 g/mol. The number of benzene rings is 1. The van der Waals surface area contributed by atoms with Gasteiger partial charge in [-0.3, -0.25) is 0 Å². The summed E-state index contributed by atoms with van der Waals surface area (Å²) in [5.41, 5.74) is 2.45. The number of nitrogens with one attached hydrogen (secondary N) is 1. The smallest absolute Gasteiger partial charge is 0.0469 e. The molecule has 1 unspecified atom stereocenters. The van der Waals surface area contributed by atoms with E-state index in [-0.39, 0.29) is 0 Å². The normalized spacial score (nSPS) is 20.1. The van der Waals surface area contributed by atoms with E-state index in [0.29, 0.717) is 6.04 Å². The SMILES string of the molecule is CCN1CCCC(Nc2cccc(-n3cccc3)c2)CC1. The average molecular weight is 283 g/mol. The van der Waals surface area contributed by atoms with Crippen LogP contribution in [0.1, 0.15) is 26.2 Å². The molecule has 3 rings (SSSR count). The molecule has 2 aromatic rings. The Kier molecular flexibility index (Phi) is 4.61. The van der Waals surface area contributed by atoms with Gasteiger partial charge in [-0.15, -0.1) is 0 Å². The summed E-state index contributed by atoms with van der Waals surface area (Å²) in [6.07, 6.45) is 7.97. The molecule has 1 aliphatic rings. The molecular formula is C18H25N3. The Morgan fingerprint density at radius 2 is 1.95 bits per heavy atom. The molecule has 1 fully saturated rings. The minimum absolute atomic E-state index is 0.599. The van der Waals surface area contributed by atoms with Crippen molar-refractivity contribution in [3.05, 3.63) is 48.8 Å². The lowest BCUT2D eigenvalue weighted by Crippen LogP contribution is -2.26. The lowest BCUT2D eigenvalue weighted by Gasteiger charge is -2.19. The highest BCUT2D eigenvalue weighted by Gasteiger charge is 2.15. The summed E-state index contributed by atoms with van der Waals surface area (Å²) in [4.78, 5) is 2.55. The van der Waals surface area contributed by atoms with Crippen LogP contribution in [0.4, 0.5) is 5.69 Å². The Morgan fingerprint density at radius 1 is 1.10 bits per heavy atom. The largest absolute Gasteiger partial charge is 0.382 e. The second kappa shape index (κ2) is 6.81. The van der Waals surface area contributed by atoms with Crippen molar-refractivity contribution in [2.75, 3.05) is 25.0 Å². The average Bonchev–Trinajstić information content (AvgIpc) is 2.96. The minimum Gasteiger partial charge on any atom is -0.382 e. The molecule has 0 bridgehead atoms. The third-order valence-electron chi connectivity index (χ3n) is 4.39. The van der Waals surface area contributed by atoms with E-state index in [2.05, 4.69) is 70.5 Å². The molecule has 1 N–H and O–H groups in total. The molecule has 0 aliphatic carbocycles. The Bertz CT molecular complexity index is 547. The van der Waals surface area contributed by atoms with Crippen LogP contribution in [0.5, 0.6) is 0 Å². The van der Waals surface area contributed by atoms with Crippen LogP contribution in [0.3, 0.4) is 0 Å². The molecule has 0 spiro atoms. The number of hydrogen-bond donors (Lipinski definition) is 1. The molecule has 1 aromatic heterocycles. The first kappa shape index (κ1) is 14.2. The lowest BCUT2D eigenvalue weighted by atomic mass is 10.1. The van der Waals surface area contributed by atoms with Crippen LogP contribution in [-0.2, 0) is 0 Å². The number of rotatable bonds is 4. The van der Waals surface area contributed by atoms with Gasteiger partial charge in [-0.25, -0.2) is 0 Å². The van der Waals surface area contributed by atoms with Gasteiger partial charge in [-0.05, 0) is 62.7 Å². The first-order valence-corrected chi connectivity index (χ1v) is 8.07. The van der Waals surface area contributed by atoms with Gasteiger partial charge in [0.2, 0.25) is 0 Å². The van der Waals surface area contributed by atoms with Gasteiger partial charge in [0.25, 0.3) is 0 Å². The molecule has 21 heavy (non-hydrogen) atoms. The van der Waals surface area contributed by atoms with Gasteiger partial charge >= 0.3 is 0 Å². The molecule has 2 heterocycles. The first-order chi connectivity index (χ1) is 10.3. The maximum absolute atomic E-state index is 3.73. The zero-order valence-corrected chi connectivity index (χ0v) is 12.8. The number of hydrogen-bond acceptors (Lipinski definition) is 2. The number of nitrogens with zero attached hydrogens (tertiary/aromatic N) is 2. The fourth-order valence-corrected chi connectivity index (χ4v) is 3.12. The zero-order valence-electron chi connectivity index (χ0n) is 12.8. The van der Waals surface area contributed by atoms with E-state index in [4.69, 9.17) is 0 Å². The molecule has 1 atom stereocenters. The maximum Gasteiger partial charge on any atom is 0.0469 e. The highest BCUT2D eigenvalue weighted by Crippen LogP contribution is 2.19. The van der Waals surface area contributed by atoms with Crippen molar-refractivity contribution >= 4 is 5.69 Å². The quantitative estimate of drug-likeness (QED) is 0.922. The van der Waals surface area contributed by atoms with Crippen LogP contribution in [0.25, 0.3) is 5.69 Å². The number of likely N-dealkylation sites (tertiary alicyclic amines) is 1. The van der Waals surface area contributed by atoms with Crippen molar-refractivity contribution < 1.29 is 0 Å². The predicted molar refractivity (Wildman–Crippen MR) is 89.1 cm³/mol. The summed E-state index contributed by atoms with van der Waals surface area (Å²) in [5.74, 6) is 0. The van der Waals surface area contributed by atoms with Crippen LogP contribution in [0, 0.1) is 0 Å². The van der Waals surface area contributed by atoms with Gasteiger partial charge in [0, 0.05) is 36.4 Å². The molecule has 1 saturated heterocycles. The summed E-state index contributed by atoms with van der Waals surface area (Å²) in [6, 6.07) is 13.4. The lowest BCUT2D eigenvalue weighted by molar-refractivity contribution is 0.300. The molecule has 0 saturated carbocycles. The molecule has 1 aromatic carbocycles. The monoisotopic (exact) mass is 283 g/mol. The van der Waals surface area contributed by atoms with Crippen molar-refractivity contribution in [3.63, 3.8) is 0 Å². The van der Waals surface area contributed by atoms with E-state index in [0.717, 1.165) is 0 Å². The van der Waals surface area contributed by atoms with Crippen molar-refractivity contribution in [1.82, 2.24) is 9.47 Å². The fourth-order valence-electron chi connectivity index (χ4n) is 3.12. The van der Waals surface area contributed by atoms with Gasteiger partial charge in [0.1, 0.15) is 0 Å². The van der Waals surface area contributed by atoms with Crippen molar-refractivity contribution in [2.24, 2.45) is 0 Å². The molecule has 3 nitrogen and oxygen atoms in total. The van der Waals surface area contributed by atoms with E-state index in [9.17, 15) is 0 Å². The number of anilines is 1. The highest BCUT2D eigenvalue weighted by molar-refractivity contribution is 5.51. The van der Waals surface area contributed by atoms with Crippen LogP contribution in [-0.4, -0.2) is 35.1 Å². The van der Waals surface area contributed by atoms with E-state index >= 15 is 0 Å². The summed E-state index contributed by atoms with van der Waals surface area (Å²) in [5, 5.41) is 3.73. The van der Waals surface area contributed by atoms with Gasteiger partial charge in [0.05, 0.1) is 0 Å². The molecule has 0 amide bonds. The highest BCUT2D eigenvalue weighted by atomic mass is 15.1. The second-order valence-corrected chi connectivity index (χ2v) is 5.85. The first-order valence-electron chi connectivity index (χ1n) is 8.07. The Labute approximate surface area is 127 Å². The van der Waals surface area contributed by atoms with Gasteiger partial charge in [-0.2, -0.15) is 0 Å². The van der Waals surface area contributed by atoms with Gasteiger partial charge in [0.15, 0.2) is 0 Å². The Hall–Kier alpha value is -1.74. The molecule has 1 aliphatic heterocycles. The van der Waals surface area contributed by atoms with Gasteiger partial charge < -0.3 is 14.8 Å². The van der Waals surface area contributed by atoms with E-state index in [1.54, 1.807) is 0 Å². The van der Waals surface area contributed by atoms with Crippen LogP contribution in [0.15, 0.2) is 48.8 Å². The topological polar surface area (TPSA) is 20.2 Å². The van der Waals surface area contributed by atoms with Crippen LogP contribution in [0.2, 0.25) is 0 Å². The summed E-state index contributed by atoms with van der Waals surface area (Å²) in [7, 11) is 0. The van der Waals surface area contributed by atoms with E-state index in [1.807, 2.05) is 0 Å². The minimum atomic E-state index is 0.599. The fraction of sp³-hybridized carbons (Fsp3) is 0.444. The van der Waals surface area contributed by atoms with Crippen molar-refractivity contribution in [1.29, 1.82) is 0 Å². The zero-order chi connectivity index (χ0) is 14.5. The van der Waals surface area contributed by atoms with Crippen molar-refractivity contribution in [2.45, 2.75) is 32.2 Å². The van der Waals surface area contributed by atoms with Gasteiger partial charge in [-0.1, -0.05) is 13.0 Å². The maximum atomic E-state index is 3.73. The van der Waals surface area contributed by atoms with Crippen LogP contribution >= 0.6 is 0 Å². The summed E-state index contributed by atoms with van der Waals surface area (Å²) < 4.78 is 2.15. The summed E-state index contributed by atoms with van der Waals surface area (Å²) >= 11 is 0. The van der Waals surface area contributed by atoms with Crippen molar-refractivity contribution in [3.8, 4) is 5.69 Å². The van der Waals surface area contributed by atoms with E-state index in [1.165, 1.54) is 50.3 Å². The summed E-state index contributed by atoms with van der Waals surface area (Å²) in [6.45, 7) is 5.90.